The van der Waals surface area contributed by atoms with Crippen molar-refractivity contribution in [3.63, 3.8) is 0 Å². The zero-order valence-electron chi connectivity index (χ0n) is 9.99. The summed E-state index contributed by atoms with van der Waals surface area (Å²) in [6, 6.07) is 5.23. The summed E-state index contributed by atoms with van der Waals surface area (Å²) in [5.74, 6) is -0.348. The smallest absolute Gasteiger partial charge is 0.337 e. The lowest BCUT2D eigenvalue weighted by Gasteiger charge is -2.13. The second-order valence-corrected chi connectivity index (χ2v) is 3.87. The predicted octanol–water partition coefficient (Wildman–Crippen LogP) is 2.62. The van der Waals surface area contributed by atoms with Gasteiger partial charge in [0.1, 0.15) is 0 Å². The fraction of sp³-hybridized carbons (Fsp3) is 0.462. The molecule has 3 heteroatoms. The lowest BCUT2D eigenvalue weighted by molar-refractivity contribution is 0.0600. The van der Waals surface area contributed by atoms with E-state index in [1.54, 1.807) is 18.2 Å². The van der Waals surface area contributed by atoms with Crippen LogP contribution in [0.1, 0.15) is 47.4 Å². The number of hydrogen-bond donors (Lipinski definition) is 1. The highest BCUT2D eigenvalue weighted by atomic mass is 16.5. The number of carbonyl (C=O) groups is 1. The van der Waals surface area contributed by atoms with Gasteiger partial charge in [0, 0.05) is 0 Å². The van der Waals surface area contributed by atoms with Gasteiger partial charge >= 0.3 is 5.97 Å². The molecule has 0 unspecified atom stereocenters. The van der Waals surface area contributed by atoms with Crippen LogP contribution in [0.15, 0.2) is 18.2 Å². The molecule has 0 bridgehead atoms. The second-order valence-electron chi connectivity index (χ2n) is 3.87. The molecule has 88 valence electrons. The van der Waals surface area contributed by atoms with E-state index in [1.165, 1.54) is 7.11 Å². The Balaban J connectivity index is 2.95. The first kappa shape index (κ1) is 12.7. The quantitative estimate of drug-likeness (QED) is 0.796. The van der Waals surface area contributed by atoms with Crippen LogP contribution in [0.5, 0.6) is 0 Å². The molecule has 0 aliphatic carbocycles. The molecule has 0 aromatic heterocycles. The molecule has 3 nitrogen and oxygen atoms in total. The summed E-state index contributed by atoms with van der Waals surface area (Å²) in [5.41, 5.74) is 2.32. The van der Waals surface area contributed by atoms with Gasteiger partial charge in [-0.05, 0) is 36.6 Å². The van der Waals surface area contributed by atoms with Gasteiger partial charge in [0.15, 0.2) is 0 Å². The number of methoxy groups -OCH3 is 1. The maximum absolute atomic E-state index is 11.3. The zero-order chi connectivity index (χ0) is 12.1. The minimum atomic E-state index is -0.448. The maximum atomic E-state index is 11.3. The number of aryl methyl sites for hydroxylation is 1. The topological polar surface area (TPSA) is 46.5 Å². The van der Waals surface area contributed by atoms with Crippen LogP contribution in [-0.2, 0) is 4.74 Å². The van der Waals surface area contributed by atoms with Crippen molar-refractivity contribution < 1.29 is 14.6 Å². The third kappa shape index (κ3) is 2.83. The number of hydrogen-bond acceptors (Lipinski definition) is 3. The normalized spacial score (nSPS) is 12.2. The standard InChI is InChI=1S/C13H18O3/c1-4-5-12(14)11-7-6-10(8-9(11)2)13(15)16-3/h6-8,12,14H,4-5H2,1-3H3/t12-/m1/s1. The first-order valence-electron chi connectivity index (χ1n) is 5.47. The zero-order valence-corrected chi connectivity index (χ0v) is 9.99. The van der Waals surface area contributed by atoms with Crippen LogP contribution in [0, 0.1) is 6.92 Å². The van der Waals surface area contributed by atoms with Crippen LogP contribution in [0.4, 0.5) is 0 Å². The van der Waals surface area contributed by atoms with Crippen molar-refractivity contribution in [1.82, 2.24) is 0 Å². The number of esters is 1. The minimum Gasteiger partial charge on any atom is -0.465 e. The summed E-state index contributed by atoms with van der Waals surface area (Å²) in [7, 11) is 1.36. The fourth-order valence-corrected chi connectivity index (χ4v) is 1.72. The van der Waals surface area contributed by atoms with Gasteiger partial charge in [-0.2, -0.15) is 0 Å². The Hall–Kier alpha value is -1.35. The van der Waals surface area contributed by atoms with Gasteiger partial charge in [-0.25, -0.2) is 4.79 Å². The van der Waals surface area contributed by atoms with Gasteiger partial charge < -0.3 is 9.84 Å². The molecule has 0 aliphatic rings. The molecular weight excluding hydrogens is 204 g/mol. The van der Waals surface area contributed by atoms with Crippen LogP contribution >= 0.6 is 0 Å². The van der Waals surface area contributed by atoms with Crippen molar-refractivity contribution in [2.24, 2.45) is 0 Å². The highest BCUT2D eigenvalue weighted by Gasteiger charge is 2.12. The van der Waals surface area contributed by atoms with Crippen LogP contribution in [0.3, 0.4) is 0 Å². The minimum absolute atomic E-state index is 0.348. The van der Waals surface area contributed by atoms with Crippen molar-refractivity contribution >= 4 is 5.97 Å². The Morgan fingerprint density at radius 2 is 2.19 bits per heavy atom. The first-order valence-corrected chi connectivity index (χ1v) is 5.47. The Morgan fingerprint density at radius 1 is 1.50 bits per heavy atom. The van der Waals surface area contributed by atoms with E-state index in [0.29, 0.717) is 5.56 Å². The molecular formula is C13H18O3. The molecule has 1 aromatic rings. The highest BCUT2D eigenvalue weighted by Crippen LogP contribution is 2.22. The van der Waals surface area contributed by atoms with E-state index >= 15 is 0 Å². The van der Waals surface area contributed by atoms with Crippen molar-refractivity contribution in [1.29, 1.82) is 0 Å². The summed E-state index contributed by atoms with van der Waals surface area (Å²) in [6.07, 6.45) is 1.22. The van der Waals surface area contributed by atoms with Crippen molar-refractivity contribution in [2.45, 2.75) is 32.8 Å². The lowest BCUT2D eigenvalue weighted by atomic mass is 9.98. The number of aliphatic hydroxyl groups is 1. The summed E-state index contributed by atoms with van der Waals surface area (Å²) < 4.78 is 4.64. The lowest BCUT2D eigenvalue weighted by Crippen LogP contribution is -2.05. The Bertz CT molecular complexity index is 371. The molecule has 0 spiro atoms. The van der Waals surface area contributed by atoms with E-state index in [9.17, 15) is 9.90 Å². The molecule has 0 amide bonds. The second kappa shape index (κ2) is 5.66. The summed E-state index contributed by atoms with van der Waals surface area (Å²) in [4.78, 5) is 11.3. The first-order chi connectivity index (χ1) is 7.60. The monoisotopic (exact) mass is 222 g/mol. The summed E-state index contributed by atoms with van der Waals surface area (Å²) >= 11 is 0. The molecule has 0 saturated carbocycles. The van der Waals surface area contributed by atoms with E-state index in [4.69, 9.17) is 0 Å². The molecule has 0 heterocycles. The summed E-state index contributed by atoms with van der Waals surface area (Å²) in [6.45, 7) is 3.92. The fourth-order valence-electron chi connectivity index (χ4n) is 1.72. The van der Waals surface area contributed by atoms with Crippen molar-refractivity contribution in [3.8, 4) is 0 Å². The number of ether oxygens (including phenoxy) is 1. The number of benzene rings is 1. The van der Waals surface area contributed by atoms with Gasteiger partial charge in [0.25, 0.3) is 0 Å². The van der Waals surface area contributed by atoms with E-state index in [-0.39, 0.29) is 5.97 Å². The van der Waals surface area contributed by atoms with Crippen LogP contribution in [0.2, 0.25) is 0 Å². The van der Waals surface area contributed by atoms with Gasteiger partial charge in [-0.3, -0.25) is 0 Å². The van der Waals surface area contributed by atoms with E-state index in [2.05, 4.69) is 4.74 Å². The highest BCUT2D eigenvalue weighted by molar-refractivity contribution is 5.89. The average molecular weight is 222 g/mol. The number of aliphatic hydroxyl groups excluding tert-OH is 1. The summed E-state index contributed by atoms with van der Waals surface area (Å²) in [5, 5.41) is 9.87. The predicted molar refractivity (Wildman–Crippen MR) is 62.4 cm³/mol. The largest absolute Gasteiger partial charge is 0.465 e. The van der Waals surface area contributed by atoms with Gasteiger partial charge in [0.2, 0.25) is 0 Å². The average Bonchev–Trinajstić information content (AvgIpc) is 2.28. The van der Waals surface area contributed by atoms with Crippen molar-refractivity contribution in [3.05, 3.63) is 34.9 Å². The molecule has 1 atom stereocenters. The molecule has 1 N–H and O–H groups in total. The number of carbonyl (C=O) groups excluding carboxylic acids is 1. The Morgan fingerprint density at radius 3 is 2.69 bits per heavy atom. The maximum Gasteiger partial charge on any atom is 0.337 e. The van der Waals surface area contributed by atoms with Crippen LogP contribution < -0.4 is 0 Å². The molecule has 0 aliphatic heterocycles. The van der Waals surface area contributed by atoms with Crippen molar-refractivity contribution in [2.75, 3.05) is 7.11 Å². The number of rotatable bonds is 4. The third-order valence-electron chi connectivity index (χ3n) is 2.61. The van der Waals surface area contributed by atoms with E-state index in [0.717, 1.165) is 24.0 Å². The van der Waals surface area contributed by atoms with Gasteiger partial charge in [-0.1, -0.05) is 19.4 Å². The van der Waals surface area contributed by atoms with Crippen LogP contribution in [0.25, 0.3) is 0 Å². The van der Waals surface area contributed by atoms with E-state index in [1.807, 2.05) is 13.8 Å². The Kier molecular flexibility index (Phi) is 4.50. The van der Waals surface area contributed by atoms with Gasteiger partial charge in [0.05, 0.1) is 18.8 Å². The molecule has 1 aromatic carbocycles. The SMILES string of the molecule is CCC[C@@H](O)c1ccc(C(=O)OC)cc1C. The molecule has 0 saturated heterocycles. The molecule has 0 fully saturated rings. The molecule has 16 heavy (non-hydrogen) atoms. The Labute approximate surface area is 96.1 Å². The van der Waals surface area contributed by atoms with Crippen LogP contribution in [-0.4, -0.2) is 18.2 Å². The third-order valence-corrected chi connectivity index (χ3v) is 2.61. The van der Waals surface area contributed by atoms with E-state index < -0.39 is 6.10 Å². The molecule has 1 rings (SSSR count). The molecule has 0 radical (unpaired) electrons. The van der Waals surface area contributed by atoms with Gasteiger partial charge in [-0.15, -0.1) is 0 Å².